The number of carbonyl (C=O) groups is 1. The molecular formula is C25H35NO3. The molecule has 1 N–H and O–H groups in total. The van der Waals surface area contributed by atoms with Crippen molar-refractivity contribution in [1.29, 1.82) is 0 Å². The number of hydrogen-bond donors (Lipinski definition) is 1. The van der Waals surface area contributed by atoms with Crippen LogP contribution < -0.4 is 4.74 Å². The first-order valence-electron chi connectivity index (χ1n) is 11.3. The van der Waals surface area contributed by atoms with E-state index >= 15 is 0 Å². The summed E-state index contributed by atoms with van der Waals surface area (Å²) in [7, 11) is 0. The number of fused-ring (bicyclic) bond motifs is 3. The zero-order chi connectivity index (χ0) is 20.9. The maximum Gasteiger partial charge on any atom is 0.258 e. The summed E-state index contributed by atoms with van der Waals surface area (Å²) in [5, 5.41) is 11.4. The van der Waals surface area contributed by atoms with Gasteiger partial charge in [0.05, 0.1) is 5.56 Å². The molecule has 0 spiro atoms. The van der Waals surface area contributed by atoms with Gasteiger partial charge in [-0.3, -0.25) is 4.79 Å². The predicted molar refractivity (Wildman–Crippen MR) is 116 cm³/mol. The minimum absolute atomic E-state index is 0.0257. The van der Waals surface area contributed by atoms with Crippen molar-refractivity contribution in [3.63, 3.8) is 0 Å². The van der Waals surface area contributed by atoms with E-state index < -0.39 is 0 Å². The summed E-state index contributed by atoms with van der Waals surface area (Å²) in [5.74, 6) is 1.31. The van der Waals surface area contributed by atoms with Gasteiger partial charge in [0.15, 0.2) is 0 Å². The highest BCUT2D eigenvalue weighted by Gasteiger charge is 2.47. The molecule has 2 aliphatic heterocycles. The van der Waals surface area contributed by atoms with Gasteiger partial charge in [-0.1, -0.05) is 31.4 Å². The van der Waals surface area contributed by atoms with E-state index in [4.69, 9.17) is 4.74 Å². The van der Waals surface area contributed by atoms with E-state index in [0.29, 0.717) is 11.5 Å². The molecule has 1 saturated heterocycles. The number of carbonyl (C=O) groups excluding carboxylic acids is 1. The molecule has 1 amide bonds. The molecule has 3 aliphatic rings. The molecule has 2 unspecified atom stereocenters. The van der Waals surface area contributed by atoms with Gasteiger partial charge in [0, 0.05) is 30.0 Å². The third-order valence-corrected chi connectivity index (χ3v) is 7.11. The number of unbranched alkanes of at least 4 members (excludes halogenated alkanes) is 2. The normalized spacial score (nSPS) is 26.9. The van der Waals surface area contributed by atoms with Crippen LogP contribution >= 0.6 is 0 Å². The molecule has 0 aromatic heterocycles. The van der Waals surface area contributed by atoms with Crippen molar-refractivity contribution in [2.24, 2.45) is 5.92 Å². The largest absolute Gasteiger partial charge is 0.507 e. The molecule has 0 saturated carbocycles. The Morgan fingerprint density at radius 1 is 1.34 bits per heavy atom. The standard InChI is InChI=1S/C25H35NO3/c1-6-7-8-9-17-13-20-22(23(27)21(17)24(28)26-14-16(26)3)18-12-15(2)10-11-19(18)25(4,5)29-20/h12-13,16,18-19,27H,6-11,14H2,1-5H3/t16-,18?,19?,26?/m1/s1. The smallest absolute Gasteiger partial charge is 0.258 e. The number of hydrogen-bond acceptors (Lipinski definition) is 3. The Morgan fingerprint density at radius 2 is 2.07 bits per heavy atom. The monoisotopic (exact) mass is 397 g/mol. The number of aromatic hydroxyl groups is 1. The van der Waals surface area contributed by atoms with Crippen LogP contribution in [0.4, 0.5) is 0 Å². The Bertz CT molecular complexity index is 854. The molecule has 1 aliphatic carbocycles. The summed E-state index contributed by atoms with van der Waals surface area (Å²) in [4.78, 5) is 15.1. The van der Waals surface area contributed by atoms with Crippen LogP contribution in [0.3, 0.4) is 0 Å². The van der Waals surface area contributed by atoms with Gasteiger partial charge in [0.1, 0.15) is 17.1 Å². The lowest BCUT2D eigenvalue weighted by atomic mass is 9.67. The molecule has 4 rings (SSSR count). The summed E-state index contributed by atoms with van der Waals surface area (Å²) in [6.45, 7) is 11.5. The van der Waals surface area contributed by atoms with Crippen LogP contribution in [-0.4, -0.2) is 34.1 Å². The fraction of sp³-hybridized carbons (Fsp3) is 0.640. The molecule has 3 atom stereocenters. The molecule has 29 heavy (non-hydrogen) atoms. The van der Waals surface area contributed by atoms with E-state index in [1.54, 1.807) is 0 Å². The maximum atomic E-state index is 13.2. The Hall–Kier alpha value is -1.97. The minimum Gasteiger partial charge on any atom is -0.507 e. The van der Waals surface area contributed by atoms with E-state index in [1.807, 2.05) is 4.90 Å². The van der Waals surface area contributed by atoms with Gasteiger partial charge >= 0.3 is 0 Å². The highest BCUT2D eigenvalue weighted by molar-refractivity contribution is 6.01. The average molecular weight is 398 g/mol. The van der Waals surface area contributed by atoms with Gasteiger partial charge in [-0.15, -0.1) is 0 Å². The summed E-state index contributed by atoms with van der Waals surface area (Å²) < 4.78 is 6.47. The van der Waals surface area contributed by atoms with Gasteiger partial charge in [-0.25, -0.2) is 0 Å². The molecule has 1 aromatic rings. The number of phenols is 1. The van der Waals surface area contributed by atoms with Crippen molar-refractivity contribution in [2.45, 2.75) is 90.7 Å². The molecule has 2 heterocycles. The lowest BCUT2D eigenvalue weighted by molar-refractivity contribution is 0.0106. The van der Waals surface area contributed by atoms with E-state index in [9.17, 15) is 9.90 Å². The average Bonchev–Trinajstić information content (AvgIpc) is 3.37. The Balaban J connectivity index is 1.85. The fourth-order valence-electron chi connectivity index (χ4n) is 5.28. The molecule has 4 heteroatoms. The van der Waals surface area contributed by atoms with Gasteiger partial charge in [-0.2, -0.15) is 0 Å². The molecule has 0 radical (unpaired) electrons. The van der Waals surface area contributed by atoms with Crippen molar-refractivity contribution in [1.82, 2.24) is 4.90 Å². The van der Waals surface area contributed by atoms with Crippen molar-refractivity contribution in [3.8, 4) is 11.5 Å². The Kier molecular flexibility index (Phi) is 5.16. The van der Waals surface area contributed by atoms with Crippen LogP contribution in [-0.2, 0) is 6.42 Å². The third-order valence-electron chi connectivity index (χ3n) is 7.11. The summed E-state index contributed by atoms with van der Waals surface area (Å²) >= 11 is 0. The zero-order valence-corrected chi connectivity index (χ0v) is 18.5. The Labute approximate surface area is 174 Å². The van der Waals surface area contributed by atoms with E-state index in [-0.39, 0.29) is 29.2 Å². The number of allylic oxidation sites excluding steroid dienone is 2. The van der Waals surface area contributed by atoms with E-state index in [1.165, 1.54) is 5.57 Å². The lowest BCUT2D eigenvalue weighted by Crippen LogP contribution is -2.45. The summed E-state index contributed by atoms with van der Waals surface area (Å²) in [6, 6.07) is 2.32. The van der Waals surface area contributed by atoms with Crippen LogP contribution in [0.2, 0.25) is 0 Å². The highest BCUT2D eigenvalue weighted by Crippen LogP contribution is 2.54. The second kappa shape index (κ2) is 7.37. The van der Waals surface area contributed by atoms with Crippen LogP contribution in [0.1, 0.15) is 94.1 Å². The van der Waals surface area contributed by atoms with E-state index in [2.05, 4.69) is 46.8 Å². The number of ether oxygens (including phenoxy) is 1. The van der Waals surface area contributed by atoms with Crippen LogP contribution in [0.5, 0.6) is 11.5 Å². The van der Waals surface area contributed by atoms with Crippen molar-refractivity contribution in [3.05, 3.63) is 34.4 Å². The summed E-state index contributed by atoms with van der Waals surface area (Å²) in [6.07, 6.45) is 8.46. The van der Waals surface area contributed by atoms with Gasteiger partial charge < -0.3 is 14.7 Å². The number of phenolic OH excluding ortho intramolecular Hbond substituents is 1. The van der Waals surface area contributed by atoms with Crippen molar-refractivity contribution in [2.75, 3.05) is 6.54 Å². The Morgan fingerprint density at radius 3 is 2.72 bits per heavy atom. The molecule has 1 fully saturated rings. The number of nitrogens with zero attached hydrogens (tertiary/aromatic N) is 1. The van der Waals surface area contributed by atoms with Gasteiger partial charge in [0.25, 0.3) is 5.91 Å². The van der Waals surface area contributed by atoms with E-state index in [0.717, 1.165) is 61.9 Å². The number of aryl methyl sites for hydroxylation is 1. The second-order valence-corrected chi connectivity index (χ2v) is 9.82. The molecule has 4 nitrogen and oxygen atoms in total. The number of amides is 1. The van der Waals surface area contributed by atoms with Crippen molar-refractivity contribution >= 4 is 5.91 Å². The highest BCUT2D eigenvalue weighted by atomic mass is 16.5. The lowest BCUT2D eigenvalue weighted by Gasteiger charge is -2.46. The SMILES string of the molecule is CCCCCc1cc2c(c(O)c1C(=O)N1C[C@H]1C)C1C=C(C)CCC1C(C)(C)O2. The first-order valence-corrected chi connectivity index (χ1v) is 11.3. The third kappa shape index (κ3) is 3.55. The first kappa shape index (κ1) is 20.3. The van der Waals surface area contributed by atoms with Crippen LogP contribution in [0.15, 0.2) is 17.7 Å². The molecule has 0 bridgehead atoms. The maximum absolute atomic E-state index is 13.2. The fourth-order valence-corrected chi connectivity index (χ4v) is 5.28. The van der Waals surface area contributed by atoms with Crippen LogP contribution in [0.25, 0.3) is 0 Å². The quantitative estimate of drug-likeness (QED) is 0.401. The predicted octanol–water partition coefficient (Wildman–Crippen LogP) is 5.58. The van der Waals surface area contributed by atoms with Gasteiger partial charge in [0.2, 0.25) is 0 Å². The molecular weight excluding hydrogens is 362 g/mol. The minimum atomic E-state index is -0.290. The molecule has 1 aromatic carbocycles. The number of rotatable bonds is 5. The second-order valence-electron chi connectivity index (χ2n) is 9.82. The topological polar surface area (TPSA) is 49.5 Å². The first-order chi connectivity index (χ1) is 13.7. The zero-order valence-electron chi connectivity index (χ0n) is 18.5. The van der Waals surface area contributed by atoms with Crippen molar-refractivity contribution < 1.29 is 14.6 Å². The molecule has 158 valence electrons. The van der Waals surface area contributed by atoms with Gasteiger partial charge in [-0.05, 0) is 65.0 Å². The summed E-state index contributed by atoms with van der Waals surface area (Å²) in [5.41, 5.74) is 3.34. The number of benzene rings is 1. The van der Waals surface area contributed by atoms with Crippen LogP contribution in [0, 0.1) is 5.92 Å².